The Morgan fingerprint density at radius 1 is 1.10 bits per heavy atom. The molecule has 2 aromatic rings. The molecule has 2 heterocycles. The third-order valence-corrected chi connectivity index (χ3v) is 5.63. The van der Waals surface area contributed by atoms with Gasteiger partial charge in [-0.3, -0.25) is 9.59 Å². The van der Waals surface area contributed by atoms with Crippen LogP contribution in [0.15, 0.2) is 54.2 Å². The van der Waals surface area contributed by atoms with Crippen molar-refractivity contribution in [1.29, 1.82) is 0 Å². The summed E-state index contributed by atoms with van der Waals surface area (Å²) in [4.78, 5) is 41.6. The standard InChI is InChI=1S/C22H21ClN4O3/c1-12-4-5-13(2)17(10-12)24-20(28)16-11-26(3)19-18(16)25-22(30)27(21(19)29)15-8-6-14(23)7-9-15/h4-11,18-19H,1-3H3,(H,24,28)(H,25,30). The normalized spacial score (nSPS) is 20.6. The number of benzene rings is 2. The fourth-order valence-electron chi connectivity index (χ4n) is 3.79. The van der Waals surface area contributed by atoms with E-state index in [0.717, 1.165) is 16.0 Å². The van der Waals surface area contributed by atoms with Crippen LogP contribution in [-0.4, -0.2) is 41.9 Å². The van der Waals surface area contributed by atoms with Crippen LogP contribution in [0.3, 0.4) is 0 Å². The molecule has 2 atom stereocenters. The Labute approximate surface area is 179 Å². The van der Waals surface area contributed by atoms with E-state index in [2.05, 4.69) is 10.6 Å². The average molecular weight is 425 g/mol. The largest absolute Gasteiger partial charge is 0.366 e. The average Bonchev–Trinajstić information content (AvgIpc) is 3.02. The van der Waals surface area contributed by atoms with Gasteiger partial charge in [-0.15, -0.1) is 0 Å². The maximum Gasteiger partial charge on any atom is 0.329 e. The van der Waals surface area contributed by atoms with Crippen LogP contribution in [0.2, 0.25) is 5.02 Å². The van der Waals surface area contributed by atoms with Crippen LogP contribution in [0.1, 0.15) is 11.1 Å². The van der Waals surface area contributed by atoms with Crippen LogP contribution < -0.4 is 15.5 Å². The van der Waals surface area contributed by atoms with Gasteiger partial charge in [-0.05, 0) is 55.3 Å². The second kappa shape index (κ2) is 7.50. The third-order valence-electron chi connectivity index (χ3n) is 5.38. The molecule has 7 nitrogen and oxygen atoms in total. The fourth-order valence-corrected chi connectivity index (χ4v) is 3.91. The van der Waals surface area contributed by atoms with E-state index in [9.17, 15) is 14.4 Å². The highest BCUT2D eigenvalue weighted by Crippen LogP contribution is 2.30. The number of hydrogen-bond donors (Lipinski definition) is 2. The summed E-state index contributed by atoms with van der Waals surface area (Å²) in [5.74, 6) is -0.754. The van der Waals surface area contributed by atoms with Crippen molar-refractivity contribution in [2.75, 3.05) is 17.3 Å². The summed E-state index contributed by atoms with van der Waals surface area (Å²) < 4.78 is 0. The van der Waals surface area contributed by atoms with E-state index in [1.807, 2.05) is 32.0 Å². The molecule has 0 radical (unpaired) electrons. The quantitative estimate of drug-likeness (QED) is 0.792. The zero-order chi connectivity index (χ0) is 21.6. The van der Waals surface area contributed by atoms with Crippen LogP contribution >= 0.6 is 11.6 Å². The molecule has 2 aliphatic heterocycles. The van der Waals surface area contributed by atoms with Gasteiger partial charge in [0, 0.05) is 24.0 Å². The Hall–Kier alpha value is -3.32. The molecule has 0 aliphatic carbocycles. The SMILES string of the molecule is Cc1ccc(C)c(NC(=O)C2=CN(C)C3C(=O)N(c4ccc(Cl)cc4)C(=O)NC23)c1. The molecule has 2 aliphatic rings. The van der Waals surface area contributed by atoms with Crippen LogP contribution in [-0.2, 0) is 9.59 Å². The highest BCUT2D eigenvalue weighted by atomic mass is 35.5. The number of nitrogens with zero attached hydrogens (tertiary/aromatic N) is 2. The van der Waals surface area contributed by atoms with Gasteiger partial charge in [0.05, 0.1) is 17.3 Å². The Balaban J connectivity index is 1.58. The highest BCUT2D eigenvalue weighted by molar-refractivity contribution is 6.30. The molecule has 0 spiro atoms. The lowest BCUT2D eigenvalue weighted by molar-refractivity contribution is -0.122. The van der Waals surface area contributed by atoms with E-state index >= 15 is 0 Å². The summed E-state index contributed by atoms with van der Waals surface area (Å²) in [7, 11) is 1.71. The summed E-state index contributed by atoms with van der Waals surface area (Å²) in [6.07, 6.45) is 1.61. The van der Waals surface area contributed by atoms with E-state index in [0.29, 0.717) is 22.0 Å². The van der Waals surface area contributed by atoms with E-state index in [4.69, 9.17) is 11.6 Å². The molecule has 4 amide bonds. The summed E-state index contributed by atoms with van der Waals surface area (Å²) in [5, 5.41) is 6.21. The summed E-state index contributed by atoms with van der Waals surface area (Å²) in [6, 6.07) is 10.2. The number of rotatable bonds is 3. The Bertz CT molecular complexity index is 1080. The van der Waals surface area contributed by atoms with Gasteiger partial charge in [0.2, 0.25) is 0 Å². The van der Waals surface area contributed by atoms with Gasteiger partial charge < -0.3 is 15.5 Å². The Kier molecular flexibility index (Phi) is 4.99. The third kappa shape index (κ3) is 3.41. The van der Waals surface area contributed by atoms with Gasteiger partial charge in [0.15, 0.2) is 0 Å². The number of carbonyl (C=O) groups excluding carboxylic acids is 3. The van der Waals surface area contributed by atoms with Gasteiger partial charge in [-0.2, -0.15) is 0 Å². The van der Waals surface area contributed by atoms with Crippen molar-refractivity contribution in [3.8, 4) is 0 Å². The molecule has 154 valence electrons. The number of halogens is 1. The van der Waals surface area contributed by atoms with Gasteiger partial charge in [0.25, 0.3) is 11.8 Å². The molecule has 2 unspecified atom stereocenters. The molecule has 0 bridgehead atoms. The first-order chi connectivity index (χ1) is 14.3. The predicted octanol–water partition coefficient (Wildman–Crippen LogP) is 3.22. The highest BCUT2D eigenvalue weighted by Gasteiger charge is 2.49. The van der Waals surface area contributed by atoms with Crippen LogP contribution in [0.25, 0.3) is 0 Å². The van der Waals surface area contributed by atoms with Crippen LogP contribution in [0.5, 0.6) is 0 Å². The number of hydrogen-bond acceptors (Lipinski definition) is 4. The van der Waals surface area contributed by atoms with Gasteiger partial charge in [-0.25, -0.2) is 9.69 Å². The number of imide groups is 1. The van der Waals surface area contributed by atoms with Crippen molar-refractivity contribution < 1.29 is 14.4 Å². The molecule has 0 aromatic heterocycles. The van der Waals surface area contributed by atoms with E-state index in [-0.39, 0.29) is 5.91 Å². The van der Waals surface area contributed by atoms with Crippen LogP contribution in [0.4, 0.5) is 16.2 Å². The van der Waals surface area contributed by atoms with Crippen molar-refractivity contribution in [2.45, 2.75) is 25.9 Å². The Morgan fingerprint density at radius 2 is 1.80 bits per heavy atom. The molecular formula is C22H21ClN4O3. The molecule has 0 saturated carbocycles. The second-order valence-corrected chi connectivity index (χ2v) is 7.98. The fraction of sp³-hybridized carbons (Fsp3) is 0.227. The van der Waals surface area contributed by atoms with Crippen molar-refractivity contribution in [2.24, 2.45) is 0 Å². The lowest BCUT2D eigenvalue weighted by atomic mass is 9.98. The molecule has 30 heavy (non-hydrogen) atoms. The van der Waals surface area contributed by atoms with Gasteiger partial charge in [0.1, 0.15) is 6.04 Å². The zero-order valence-electron chi connectivity index (χ0n) is 16.8. The topological polar surface area (TPSA) is 81.8 Å². The maximum absolute atomic E-state index is 13.2. The lowest BCUT2D eigenvalue weighted by Crippen LogP contribution is -2.65. The number of nitrogens with one attached hydrogen (secondary N) is 2. The smallest absolute Gasteiger partial charge is 0.329 e. The number of anilines is 2. The van der Waals surface area contributed by atoms with E-state index in [1.54, 1.807) is 42.4 Å². The number of amides is 4. The number of aryl methyl sites for hydroxylation is 2. The van der Waals surface area contributed by atoms with E-state index < -0.39 is 24.0 Å². The minimum Gasteiger partial charge on any atom is -0.366 e. The maximum atomic E-state index is 13.2. The second-order valence-electron chi connectivity index (χ2n) is 7.54. The number of likely N-dealkylation sites (N-methyl/N-ethyl adjacent to an activating group) is 1. The molecular weight excluding hydrogens is 404 g/mol. The summed E-state index contributed by atoms with van der Waals surface area (Å²) in [6.45, 7) is 3.85. The zero-order valence-corrected chi connectivity index (χ0v) is 17.5. The van der Waals surface area contributed by atoms with E-state index in [1.165, 1.54) is 0 Å². The molecule has 4 rings (SSSR count). The predicted molar refractivity (Wildman–Crippen MR) is 115 cm³/mol. The first-order valence-corrected chi connectivity index (χ1v) is 9.86. The summed E-state index contributed by atoms with van der Waals surface area (Å²) >= 11 is 5.91. The lowest BCUT2D eigenvalue weighted by Gasteiger charge is -2.37. The first kappa shape index (κ1) is 20.0. The molecule has 8 heteroatoms. The van der Waals surface area contributed by atoms with Gasteiger partial charge >= 0.3 is 6.03 Å². The van der Waals surface area contributed by atoms with Crippen LogP contribution in [0, 0.1) is 13.8 Å². The number of carbonyl (C=O) groups is 3. The first-order valence-electron chi connectivity index (χ1n) is 9.48. The van der Waals surface area contributed by atoms with Crippen molar-refractivity contribution in [3.05, 3.63) is 70.4 Å². The minimum absolute atomic E-state index is 0.334. The van der Waals surface area contributed by atoms with Crippen molar-refractivity contribution in [1.82, 2.24) is 10.2 Å². The van der Waals surface area contributed by atoms with Gasteiger partial charge in [-0.1, -0.05) is 23.7 Å². The number of urea groups is 1. The van der Waals surface area contributed by atoms with Crippen molar-refractivity contribution in [3.63, 3.8) is 0 Å². The monoisotopic (exact) mass is 424 g/mol. The Morgan fingerprint density at radius 3 is 2.50 bits per heavy atom. The molecule has 2 N–H and O–H groups in total. The molecule has 1 fully saturated rings. The number of fused-ring (bicyclic) bond motifs is 1. The van der Waals surface area contributed by atoms with Crippen molar-refractivity contribution >= 4 is 40.8 Å². The minimum atomic E-state index is -0.733. The molecule has 1 saturated heterocycles. The molecule has 2 aromatic carbocycles. The summed E-state index contributed by atoms with van der Waals surface area (Å²) in [5.41, 5.74) is 3.40.